The summed E-state index contributed by atoms with van der Waals surface area (Å²) < 4.78 is 0. The average molecular weight is 163 g/mol. The second-order valence-electron chi connectivity index (χ2n) is 2.40. The zero-order valence-electron chi connectivity index (χ0n) is 7.10. The predicted octanol–water partition coefficient (Wildman–Crippen LogP) is 3.95. The average Bonchev–Trinajstić information content (AvgIpc) is 1.89. The maximum absolute atomic E-state index is 2.30. The maximum Gasteiger partial charge on any atom is -0.0351 e. The lowest BCUT2D eigenvalue weighted by atomic mass is 10.2. The highest BCUT2D eigenvalue weighted by Crippen LogP contribution is 1.96. The van der Waals surface area contributed by atoms with Crippen molar-refractivity contribution in [2.45, 2.75) is 46.0 Å². The summed E-state index contributed by atoms with van der Waals surface area (Å²) in [4.78, 5) is 0. The van der Waals surface area contributed by atoms with Gasteiger partial charge in [-0.05, 0) is 12.8 Å². The van der Waals surface area contributed by atoms with Crippen molar-refractivity contribution >= 4 is 12.4 Å². The highest BCUT2D eigenvalue weighted by atomic mass is 35.5. The molecule has 0 aromatic carbocycles. The molecular formula is C9H19Cl. The van der Waals surface area contributed by atoms with Crippen molar-refractivity contribution in [2.75, 3.05) is 0 Å². The van der Waals surface area contributed by atoms with Gasteiger partial charge in [0.05, 0.1) is 0 Å². The molecule has 0 amide bonds. The van der Waals surface area contributed by atoms with Gasteiger partial charge in [0.2, 0.25) is 0 Å². The van der Waals surface area contributed by atoms with Crippen LogP contribution in [0.1, 0.15) is 46.0 Å². The van der Waals surface area contributed by atoms with Crippen LogP contribution in [0.4, 0.5) is 0 Å². The summed E-state index contributed by atoms with van der Waals surface area (Å²) in [6.45, 7) is 4.44. The molecule has 0 aliphatic rings. The van der Waals surface area contributed by atoms with Gasteiger partial charge >= 0.3 is 0 Å². The van der Waals surface area contributed by atoms with Gasteiger partial charge in [-0.15, -0.1) is 12.4 Å². The predicted molar refractivity (Wildman–Crippen MR) is 50.8 cm³/mol. The van der Waals surface area contributed by atoms with Crippen molar-refractivity contribution in [1.29, 1.82) is 0 Å². The summed E-state index contributed by atoms with van der Waals surface area (Å²) in [7, 11) is 0. The molecule has 62 valence electrons. The van der Waals surface area contributed by atoms with Crippen molar-refractivity contribution in [3.63, 3.8) is 0 Å². The van der Waals surface area contributed by atoms with Gasteiger partial charge in [0, 0.05) is 0 Å². The first-order valence-electron chi connectivity index (χ1n) is 4.06. The first-order valence-corrected chi connectivity index (χ1v) is 4.06. The summed E-state index contributed by atoms with van der Waals surface area (Å²) in [6.07, 6.45) is 11.1. The molecular weight excluding hydrogens is 144 g/mol. The fourth-order valence-corrected chi connectivity index (χ4v) is 0.724. The van der Waals surface area contributed by atoms with Crippen LogP contribution in [0, 0.1) is 0 Å². The summed E-state index contributed by atoms with van der Waals surface area (Å²) in [6, 6.07) is 0. The van der Waals surface area contributed by atoms with E-state index >= 15 is 0 Å². The summed E-state index contributed by atoms with van der Waals surface area (Å²) in [5, 5.41) is 0. The largest absolute Gasteiger partial charge is 0.147 e. The van der Waals surface area contributed by atoms with Crippen molar-refractivity contribution in [2.24, 2.45) is 0 Å². The first-order chi connectivity index (χ1) is 4.41. The highest BCUT2D eigenvalue weighted by Gasteiger charge is 1.76. The molecule has 0 fully saturated rings. The molecule has 10 heavy (non-hydrogen) atoms. The van der Waals surface area contributed by atoms with Gasteiger partial charge in [0.15, 0.2) is 0 Å². The van der Waals surface area contributed by atoms with Crippen molar-refractivity contribution < 1.29 is 0 Å². The van der Waals surface area contributed by atoms with Gasteiger partial charge in [-0.2, -0.15) is 0 Å². The Kier molecular flexibility index (Phi) is 14.9. The number of hydrogen-bond acceptors (Lipinski definition) is 0. The third kappa shape index (κ3) is 10.9. The minimum absolute atomic E-state index is 0. The summed E-state index contributed by atoms with van der Waals surface area (Å²) >= 11 is 0. The van der Waals surface area contributed by atoms with Crippen LogP contribution in [0.15, 0.2) is 12.2 Å². The van der Waals surface area contributed by atoms with Crippen LogP contribution in [0.5, 0.6) is 0 Å². The SMILES string of the molecule is CCCC=CCCCC.Cl. The molecule has 0 nitrogen and oxygen atoms in total. The second kappa shape index (κ2) is 11.8. The molecule has 0 aromatic heterocycles. The van der Waals surface area contributed by atoms with E-state index in [0.29, 0.717) is 0 Å². The maximum atomic E-state index is 2.30. The molecule has 0 bridgehead atoms. The molecule has 0 heterocycles. The first kappa shape index (κ1) is 12.7. The number of halogens is 1. The van der Waals surface area contributed by atoms with E-state index < -0.39 is 0 Å². The minimum Gasteiger partial charge on any atom is -0.147 e. The van der Waals surface area contributed by atoms with Crippen LogP contribution in [0.2, 0.25) is 0 Å². The minimum atomic E-state index is 0. The molecule has 0 saturated heterocycles. The van der Waals surface area contributed by atoms with E-state index in [4.69, 9.17) is 0 Å². The quantitative estimate of drug-likeness (QED) is 0.424. The number of rotatable bonds is 5. The number of allylic oxidation sites excluding steroid dienone is 2. The van der Waals surface area contributed by atoms with E-state index in [2.05, 4.69) is 26.0 Å². The van der Waals surface area contributed by atoms with Crippen LogP contribution in [0.25, 0.3) is 0 Å². The highest BCUT2D eigenvalue weighted by molar-refractivity contribution is 5.85. The van der Waals surface area contributed by atoms with E-state index in [9.17, 15) is 0 Å². The summed E-state index contributed by atoms with van der Waals surface area (Å²) in [5.74, 6) is 0. The zero-order chi connectivity index (χ0) is 6.95. The van der Waals surface area contributed by atoms with E-state index in [-0.39, 0.29) is 12.4 Å². The molecule has 0 saturated carbocycles. The Labute approximate surface area is 71.1 Å². The molecule has 0 radical (unpaired) electrons. The molecule has 0 atom stereocenters. The Hall–Kier alpha value is 0.0300. The smallest absolute Gasteiger partial charge is 0.0351 e. The molecule has 1 heteroatoms. The summed E-state index contributed by atoms with van der Waals surface area (Å²) in [5.41, 5.74) is 0. The van der Waals surface area contributed by atoms with Crippen LogP contribution < -0.4 is 0 Å². The standard InChI is InChI=1S/C9H18.ClH/c1-3-5-7-9-8-6-4-2;/h7,9H,3-6,8H2,1-2H3;1H. The van der Waals surface area contributed by atoms with Gasteiger partial charge < -0.3 is 0 Å². The topological polar surface area (TPSA) is 0 Å². The molecule has 0 unspecified atom stereocenters. The lowest BCUT2D eigenvalue weighted by Gasteiger charge is -1.87. The van der Waals surface area contributed by atoms with Crippen molar-refractivity contribution in [1.82, 2.24) is 0 Å². The van der Waals surface area contributed by atoms with Gasteiger partial charge in [0.1, 0.15) is 0 Å². The van der Waals surface area contributed by atoms with E-state index in [0.717, 1.165) is 0 Å². The normalized spacial score (nSPS) is 9.80. The van der Waals surface area contributed by atoms with Crippen LogP contribution >= 0.6 is 12.4 Å². The Morgan fingerprint density at radius 2 is 1.50 bits per heavy atom. The number of hydrogen-bond donors (Lipinski definition) is 0. The van der Waals surface area contributed by atoms with Crippen molar-refractivity contribution in [3.8, 4) is 0 Å². The fraction of sp³-hybridized carbons (Fsp3) is 0.778. The third-order valence-electron chi connectivity index (χ3n) is 1.35. The number of unbranched alkanes of at least 4 members (excludes halogenated alkanes) is 3. The Morgan fingerprint density at radius 3 is 2.00 bits per heavy atom. The Bertz CT molecular complexity index is 67.1. The fourth-order valence-electron chi connectivity index (χ4n) is 0.724. The molecule has 0 rings (SSSR count). The molecule has 0 spiro atoms. The Morgan fingerprint density at radius 1 is 0.900 bits per heavy atom. The van der Waals surface area contributed by atoms with Gasteiger partial charge in [-0.1, -0.05) is 45.3 Å². The van der Waals surface area contributed by atoms with E-state index in [1.807, 2.05) is 0 Å². The van der Waals surface area contributed by atoms with Gasteiger partial charge in [-0.25, -0.2) is 0 Å². The van der Waals surface area contributed by atoms with Gasteiger partial charge in [0.25, 0.3) is 0 Å². The lowest BCUT2D eigenvalue weighted by molar-refractivity contribution is 0.810. The van der Waals surface area contributed by atoms with Gasteiger partial charge in [-0.3, -0.25) is 0 Å². The lowest BCUT2D eigenvalue weighted by Crippen LogP contribution is -1.66. The van der Waals surface area contributed by atoms with Crippen LogP contribution in [-0.4, -0.2) is 0 Å². The second-order valence-corrected chi connectivity index (χ2v) is 2.40. The van der Waals surface area contributed by atoms with Crippen molar-refractivity contribution in [3.05, 3.63) is 12.2 Å². The van der Waals surface area contributed by atoms with E-state index in [1.54, 1.807) is 0 Å². The third-order valence-corrected chi connectivity index (χ3v) is 1.35. The zero-order valence-corrected chi connectivity index (χ0v) is 7.91. The van der Waals surface area contributed by atoms with Crippen LogP contribution in [-0.2, 0) is 0 Å². The molecule has 0 aliphatic heterocycles. The molecule has 0 aromatic rings. The van der Waals surface area contributed by atoms with Crippen LogP contribution in [0.3, 0.4) is 0 Å². The molecule has 0 N–H and O–H groups in total. The Balaban J connectivity index is 0. The monoisotopic (exact) mass is 162 g/mol. The van der Waals surface area contributed by atoms with E-state index in [1.165, 1.54) is 32.1 Å². The molecule has 0 aliphatic carbocycles.